The molecule has 0 aromatic heterocycles. The lowest BCUT2D eigenvalue weighted by Gasteiger charge is -2.05. The third-order valence-electron chi connectivity index (χ3n) is 1.77. The van der Waals surface area contributed by atoms with Gasteiger partial charge < -0.3 is 5.73 Å². The van der Waals surface area contributed by atoms with Crippen molar-refractivity contribution in [2.45, 2.75) is 17.9 Å². The summed E-state index contributed by atoms with van der Waals surface area (Å²) in [5.41, 5.74) is 7.00. The van der Waals surface area contributed by atoms with Crippen LogP contribution in [0.1, 0.15) is 5.56 Å². The van der Waals surface area contributed by atoms with Gasteiger partial charge in [0.05, 0.1) is 0 Å². The molecule has 1 nitrogen and oxygen atoms in total. The van der Waals surface area contributed by atoms with Gasteiger partial charge in [0.25, 0.3) is 0 Å². The van der Waals surface area contributed by atoms with Crippen LogP contribution in [0.4, 0.5) is 0 Å². The van der Waals surface area contributed by atoms with Crippen LogP contribution in [0.3, 0.4) is 0 Å². The molecule has 0 aliphatic heterocycles. The molecule has 0 aliphatic rings. The highest BCUT2D eigenvalue weighted by Crippen LogP contribution is 2.18. The van der Waals surface area contributed by atoms with Gasteiger partial charge in [-0.15, -0.1) is 18.3 Å². The third-order valence-corrected chi connectivity index (χ3v) is 2.92. The molecule has 1 aromatic carbocycles. The van der Waals surface area contributed by atoms with E-state index in [2.05, 4.69) is 37.8 Å². The molecule has 0 saturated heterocycles. The molecule has 2 N–H and O–H groups in total. The summed E-state index contributed by atoms with van der Waals surface area (Å²) in [5, 5.41) is 0. The molecule has 13 heavy (non-hydrogen) atoms. The Kier molecular flexibility index (Phi) is 4.06. The van der Waals surface area contributed by atoms with Gasteiger partial charge in [0.1, 0.15) is 0 Å². The van der Waals surface area contributed by atoms with Crippen molar-refractivity contribution < 1.29 is 0 Å². The molecule has 1 aromatic rings. The molecule has 0 heterocycles. The first-order chi connectivity index (χ1) is 6.22. The first-order valence-electron chi connectivity index (χ1n) is 4.30. The lowest BCUT2D eigenvalue weighted by atomic mass is 10.2. The topological polar surface area (TPSA) is 26.0 Å². The Morgan fingerprint density at radius 3 is 2.62 bits per heavy atom. The molecule has 70 valence electrons. The quantitative estimate of drug-likeness (QED) is 0.587. The van der Waals surface area contributed by atoms with Crippen molar-refractivity contribution in [1.82, 2.24) is 0 Å². The van der Waals surface area contributed by atoms with E-state index in [1.165, 1.54) is 10.5 Å². The Hall–Kier alpha value is -0.730. The average molecular weight is 193 g/mol. The first kappa shape index (κ1) is 10.4. The molecular weight excluding hydrogens is 178 g/mol. The van der Waals surface area contributed by atoms with Crippen molar-refractivity contribution in [1.29, 1.82) is 0 Å². The monoisotopic (exact) mass is 193 g/mol. The van der Waals surface area contributed by atoms with E-state index in [1.54, 1.807) is 17.8 Å². The highest BCUT2D eigenvalue weighted by Gasteiger charge is 1.97. The molecule has 1 unspecified atom stereocenters. The van der Waals surface area contributed by atoms with Crippen molar-refractivity contribution in [3.8, 4) is 0 Å². The SMILES string of the molecule is C=CC(N)CSc1ccc(C)cc1. The third kappa shape index (κ3) is 3.66. The zero-order valence-electron chi connectivity index (χ0n) is 7.86. The van der Waals surface area contributed by atoms with Crippen molar-refractivity contribution in [3.63, 3.8) is 0 Å². The fraction of sp³-hybridized carbons (Fsp3) is 0.273. The molecule has 0 aliphatic carbocycles. The summed E-state index contributed by atoms with van der Waals surface area (Å²) in [5.74, 6) is 0.895. The summed E-state index contributed by atoms with van der Waals surface area (Å²) in [6, 6.07) is 8.56. The van der Waals surface area contributed by atoms with Gasteiger partial charge in [0.2, 0.25) is 0 Å². The summed E-state index contributed by atoms with van der Waals surface area (Å²) < 4.78 is 0. The molecule has 0 saturated carbocycles. The zero-order chi connectivity index (χ0) is 9.68. The second kappa shape index (κ2) is 5.10. The minimum atomic E-state index is 0.0892. The highest BCUT2D eigenvalue weighted by molar-refractivity contribution is 7.99. The summed E-state index contributed by atoms with van der Waals surface area (Å²) in [4.78, 5) is 1.27. The van der Waals surface area contributed by atoms with E-state index >= 15 is 0 Å². The Balaban J connectivity index is 2.45. The molecular formula is C11H15NS. The van der Waals surface area contributed by atoms with Crippen LogP contribution >= 0.6 is 11.8 Å². The van der Waals surface area contributed by atoms with Crippen LogP contribution in [-0.2, 0) is 0 Å². The number of aryl methyl sites for hydroxylation is 1. The van der Waals surface area contributed by atoms with E-state index in [4.69, 9.17) is 5.73 Å². The van der Waals surface area contributed by atoms with Crippen LogP contribution in [0, 0.1) is 6.92 Å². The first-order valence-corrected chi connectivity index (χ1v) is 5.28. The second-order valence-corrected chi connectivity index (χ2v) is 4.12. The van der Waals surface area contributed by atoms with Crippen molar-refractivity contribution in [2.24, 2.45) is 5.73 Å². The normalized spacial score (nSPS) is 12.5. The van der Waals surface area contributed by atoms with Gasteiger partial charge in [-0.1, -0.05) is 23.8 Å². The lowest BCUT2D eigenvalue weighted by molar-refractivity contribution is 0.943. The Bertz CT molecular complexity index is 266. The predicted octanol–water partition coefficient (Wildman–Crippen LogP) is 2.60. The van der Waals surface area contributed by atoms with Crippen LogP contribution in [0.25, 0.3) is 0 Å². The van der Waals surface area contributed by atoms with E-state index in [1.807, 2.05) is 0 Å². The minimum absolute atomic E-state index is 0.0892. The Morgan fingerprint density at radius 1 is 1.46 bits per heavy atom. The molecule has 0 spiro atoms. The van der Waals surface area contributed by atoms with Crippen molar-refractivity contribution in [3.05, 3.63) is 42.5 Å². The van der Waals surface area contributed by atoms with Crippen LogP contribution in [0.2, 0.25) is 0 Å². The number of benzene rings is 1. The van der Waals surface area contributed by atoms with Gasteiger partial charge in [-0.05, 0) is 19.1 Å². The second-order valence-electron chi connectivity index (χ2n) is 3.02. The minimum Gasteiger partial charge on any atom is -0.324 e. The van der Waals surface area contributed by atoms with Gasteiger partial charge in [-0.3, -0.25) is 0 Å². The van der Waals surface area contributed by atoms with E-state index in [9.17, 15) is 0 Å². The Morgan fingerprint density at radius 2 is 2.08 bits per heavy atom. The lowest BCUT2D eigenvalue weighted by Crippen LogP contribution is -2.18. The standard InChI is InChI=1S/C11H15NS/c1-3-10(12)8-13-11-6-4-9(2)5-7-11/h3-7,10H,1,8,12H2,2H3. The van der Waals surface area contributed by atoms with Crippen LogP contribution in [0.5, 0.6) is 0 Å². The molecule has 1 rings (SSSR count). The molecule has 0 bridgehead atoms. The van der Waals surface area contributed by atoms with Crippen molar-refractivity contribution in [2.75, 3.05) is 5.75 Å². The smallest absolute Gasteiger partial charge is 0.0316 e. The van der Waals surface area contributed by atoms with E-state index in [-0.39, 0.29) is 6.04 Å². The molecule has 0 amide bonds. The van der Waals surface area contributed by atoms with Gasteiger partial charge in [0, 0.05) is 16.7 Å². The molecule has 1 atom stereocenters. The maximum Gasteiger partial charge on any atom is 0.0316 e. The number of hydrogen-bond donors (Lipinski definition) is 1. The van der Waals surface area contributed by atoms with Crippen LogP contribution < -0.4 is 5.73 Å². The van der Waals surface area contributed by atoms with Crippen LogP contribution in [-0.4, -0.2) is 11.8 Å². The summed E-state index contributed by atoms with van der Waals surface area (Å²) in [6.07, 6.45) is 1.78. The molecule has 0 radical (unpaired) electrons. The number of thioether (sulfide) groups is 1. The number of hydrogen-bond acceptors (Lipinski definition) is 2. The summed E-state index contributed by atoms with van der Waals surface area (Å²) >= 11 is 1.77. The maximum absolute atomic E-state index is 5.71. The molecule has 2 heteroatoms. The fourth-order valence-corrected chi connectivity index (χ4v) is 1.74. The average Bonchev–Trinajstić information content (AvgIpc) is 2.16. The largest absolute Gasteiger partial charge is 0.324 e. The number of nitrogens with two attached hydrogens (primary N) is 1. The predicted molar refractivity (Wildman–Crippen MR) is 60.1 cm³/mol. The maximum atomic E-state index is 5.71. The van der Waals surface area contributed by atoms with Gasteiger partial charge >= 0.3 is 0 Å². The van der Waals surface area contributed by atoms with Crippen LogP contribution in [0.15, 0.2) is 41.8 Å². The van der Waals surface area contributed by atoms with Gasteiger partial charge in [-0.25, -0.2) is 0 Å². The van der Waals surface area contributed by atoms with E-state index < -0.39 is 0 Å². The van der Waals surface area contributed by atoms with E-state index in [0.29, 0.717) is 0 Å². The van der Waals surface area contributed by atoms with Gasteiger partial charge in [0.15, 0.2) is 0 Å². The molecule has 0 fully saturated rings. The fourth-order valence-electron chi connectivity index (χ4n) is 0.895. The Labute approximate surface area is 84.0 Å². The van der Waals surface area contributed by atoms with Gasteiger partial charge in [-0.2, -0.15) is 0 Å². The zero-order valence-corrected chi connectivity index (χ0v) is 8.68. The number of rotatable bonds is 4. The van der Waals surface area contributed by atoms with E-state index in [0.717, 1.165) is 5.75 Å². The summed E-state index contributed by atoms with van der Waals surface area (Å²) in [7, 11) is 0. The summed E-state index contributed by atoms with van der Waals surface area (Å²) in [6.45, 7) is 5.74. The highest BCUT2D eigenvalue weighted by atomic mass is 32.2. The van der Waals surface area contributed by atoms with Crippen molar-refractivity contribution >= 4 is 11.8 Å².